The molecule has 1 atom stereocenters. The fourth-order valence-corrected chi connectivity index (χ4v) is 5.04. The summed E-state index contributed by atoms with van der Waals surface area (Å²) in [5.41, 5.74) is 7.73. The van der Waals surface area contributed by atoms with Gasteiger partial charge in [0, 0.05) is 19.6 Å². The van der Waals surface area contributed by atoms with Crippen molar-refractivity contribution in [3.05, 3.63) is 58.7 Å². The predicted octanol–water partition coefficient (Wildman–Crippen LogP) is 1.57. The molecule has 2 aliphatic rings. The molecule has 0 fully saturated rings. The van der Waals surface area contributed by atoms with Crippen LogP contribution in [0.5, 0.6) is 5.75 Å². The quantitative estimate of drug-likeness (QED) is 0.638. The molecule has 0 aromatic heterocycles. The number of nitrogens with zero attached hydrogens (tertiary/aromatic N) is 1. The number of amides is 2. The number of fused-ring (bicyclic) bond motifs is 2. The Kier molecular flexibility index (Phi) is 5.83. The number of hydrogen-bond acceptors (Lipinski definition) is 6. The van der Waals surface area contributed by atoms with Gasteiger partial charge in [0.25, 0.3) is 0 Å². The van der Waals surface area contributed by atoms with E-state index in [1.54, 1.807) is 6.07 Å². The molecule has 33 heavy (non-hydrogen) atoms. The second-order valence-corrected chi connectivity index (χ2v) is 9.39. The maximum Gasteiger partial charge on any atom is 0.471 e. The van der Waals surface area contributed by atoms with E-state index in [9.17, 15) is 31.2 Å². The topological polar surface area (TPSA) is 119 Å². The molecule has 4 rings (SSSR count). The molecule has 0 saturated carbocycles. The van der Waals surface area contributed by atoms with Crippen LogP contribution in [0.25, 0.3) is 0 Å². The third-order valence-electron chi connectivity index (χ3n) is 5.67. The minimum Gasteiger partial charge on any atom is -0.379 e. The third-order valence-corrected chi connectivity index (χ3v) is 6.91. The van der Waals surface area contributed by atoms with Gasteiger partial charge in [0.05, 0.1) is 0 Å². The van der Waals surface area contributed by atoms with Crippen LogP contribution in [-0.2, 0) is 39.1 Å². The molecular weight excluding hydrogens is 463 g/mol. The van der Waals surface area contributed by atoms with Gasteiger partial charge in [0.15, 0.2) is 0 Å². The van der Waals surface area contributed by atoms with Crippen LogP contribution >= 0.6 is 0 Å². The molecule has 176 valence electrons. The Morgan fingerprint density at radius 3 is 2.52 bits per heavy atom. The van der Waals surface area contributed by atoms with Gasteiger partial charge in [-0.25, -0.2) is 0 Å². The highest BCUT2D eigenvalue weighted by Crippen LogP contribution is 2.30. The maximum absolute atomic E-state index is 12.8. The smallest absolute Gasteiger partial charge is 0.379 e. The largest absolute Gasteiger partial charge is 0.471 e. The summed E-state index contributed by atoms with van der Waals surface area (Å²) in [6, 6.07) is 7.87. The van der Waals surface area contributed by atoms with Gasteiger partial charge in [0.1, 0.15) is 16.7 Å². The summed E-state index contributed by atoms with van der Waals surface area (Å²) >= 11 is 0. The van der Waals surface area contributed by atoms with Crippen LogP contribution in [-0.4, -0.2) is 44.4 Å². The minimum atomic E-state index is -5.00. The Morgan fingerprint density at radius 2 is 1.82 bits per heavy atom. The van der Waals surface area contributed by atoms with Gasteiger partial charge in [-0.3, -0.25) is 9.59 Å². The molecule has 0 aliphatic carbocycles. The third kappa shape index (κ3) is 4.67. The minimum absolute atomic E-state index is 0.0328. The summed E-state index contributed by atoms with van der Waals surface area (Å²) < 4.78 is 69.2. The van der Waals surface area contributed by atoms with Crippen molar-refractivity contribution in [1.29, 1.82) is 0 Å². The molecule has 0 saturated heterocycles. The molecule has 8 nitrogen and oxygen atoms in total. The molecular formula is C21H20F3N3O5S. The van der Waals surface area contributed by atoms with Crippen LogP contribution in [0, 0.1) is 0 Å². The van der Waals surface area contributed by atoms with Crippen LogP contribution in [0.15, 0.2) is 41.3 Å². The molecule has 12 heteroatoms. The molecule has 0 radical (unpaired) electrons. The van der Waals surface area contributed by atoms with Crippen molar-refractivity contribution >= 4 is 21.9 Å². The molecule has 2 aliphatic heterocycles. The molecule has 2 aromatic carbocycles. The first-order valence-electron chi connectivity index (χ1n) is 10.0. The van der Waals surface area contributed by atoms with Crippen molar-refractivity contribution in [2.24, 2.45) is 5.73 Å². The van der Waals surface area contributed by atoms with Crippen molar-refractivity contribution in [3.63, 3.8) is 0 Å². The summed E-state index contributed by atoms with van der Waals surface area (Å²) in [6.07, 6.45) is -4.28. The molecule has 0 spiro atoms. The average Bonchev–Trinajstić information content (AvgIpc) is 2.76. The van der Waals surface area contributed by atoms with E-state index in [2.05, 4.69) is 5.32 Å². The summed E-state index contributed by atoms with van der Waals surface area (Å²) in [5, 5.41) is 2.99. The summed E-state index contributed by atoms with van der Waals surface area (Å²) in [4.78, 5) is 23.6. The number of hydrogen-bond donors (Lipinski definition) is 2. The van der Waals surface area contributed by atoms with E-state index < -0.39 is 34.2 Å². The Labute approximate surface area is 187 Å². The molecule has 2 heterocycles. The summed E-state index contributed by atoms with van der Waals surface area (Å²) in [6.45, 7) is 0.0242. The number of rotatable bonds is 4. The lowest BCUT2D eigenvalue weighted by atomic mass is 9.94. The van der Waals surface area contributed by atoms with Gasteiger partial charge in [-0.05, 0) is 59.4 Å². The van der Waals surface area contributed by atoms with Crippen molar-refractivity contribution < 1.29 is 35.4 Å². The zero-order valence-electron chi connectivity index (χ0n) is 17.2. The van der Waals surface area contributed by atoms with E-state index in [4.69, 9.17) is 9.92 Å². The van der Waals surface area contributed by atoms with E-state index >= 15 is 0 Å². The fraction of sp³-hybridized carbons (Fsp3) is 0.333. The molecule has 0 bridgehead atoms. The molecule has 1 unspecified atom stereocenters. The monoisotopic (exact) mass is 483 g/mol. The highest BCUT2D eigenvalue weighted by Gasteiger charge is 2.43. The van der Waals surface area contributed by atoms with Crippen LogP contribution in [0.4, 0.5) is 13.2 Å². The van der Waals surface area contributed by atoms with Gasteiger partial charge >= 0.3 is 22.2 Å². The number of primary amides is 1. The van der Waals surface area contributed by atoms with Crippen LogP contribution in [0.3, 0.4) is 0 Å². The number of alkyl halides is 3. The predicted molar refractivity (Wildman–Crippen MR) is 110 cm³/mol. The van der Waals surface area contributed by atoms with Crippen LogP contribution in [0.1, 0.15) is 28.3 Å². The highest BCUT2D eigenvalue weighted by molar-refractivity contribution is 7.87. The van der Waals surface area contributed by atoms with E-state index in [1.807, 2.05) is 0 Å². The molecule has 2 aromatic rings. The van der Waals surface area contributed by atoms with E-state index in [-0.39, 0.29) is 30.2 Å². The average molecular weight is 483 g/mol. The van der Waals surface area contributed by atoms with Gasteiger partial charge < -0.3 is 20.1 Å². The van der Waals surface area contributed by atoms with E-state index in [0.717, 1.165) is 5.56 Å². The SMILES string of the molecule is NC(=O)C1NCCc2cc(OS(=O)(=O)c3ccc4c(c3)CN(C(=O)C(F)(F)F)CC4)ccc21. The Bertz CT molecular complexity index is 1230. The normalized spacial score (nSPS) is 18.3. The zero-order valence-corrected chi connectivity index (χ0v) is 18.0. The lowest BCUT2D eigenvalue weighted by Gasteiger charge is -2.29. The number of nitrogens with two attached hydrogens (primary N) is 1. The van der Waals surface area contributed by atoms with Gasteiger partial charge in [-0.2, -0.15) is 21.6 Å². The standard InChI is InChI=1S/C21H20F3N3O5S/c22-21(23,24)20(29)27-8-6-12-1-3-16(10-14(12)11-27)33(30,31)32-15-2-4-17-13(9-15)5-7-26-18(17)19(25)28/h1-4,9-10,18,26H,5-8,11H2,(H2,25,28). The zero-order chi connectivity index (χ0) is 24.0. The number of benzene rings is 2. The molecule has 3 N–H and O–H groups in total. The first-order valence-corrected chi connectivity index (χ1v) is 11.4. The van der Waals surface area contributed by atoms with Gasteiger partial charge in [-0.1, -0.05) is 12.1 Å². The lowest BCUT2D eigenvalue weighted by Crippen LogP contribution is -2.43. The Balaban J connectivity index is 1.57. The van der Waals surface area contributed by atoms with Crippen LogP contribution in [0.2, 0.25) is 0 Å². The second-order valence-electron chi connectivity index (χ2n) is 7.84. The summed E-state index contributed by atoms with van der Waals surface area (Å²) in [7, 11) is -4.30. The van der Waals surface area contributed by atoms with Crippen molar-refractivity contribution in [1.82, 2.24) is 10.2 Å². The first-order chi connectivity index (χ1) is 15.5. The van der Waals surface area contributed by atoms with Crippen molar-refractivity contribution in [2.75, 3.05) is 13.1 Å². The van der Waals surface area contributed by atoms with E-state index in [0.29, 0.717) is 34.6 Å². The first kappa shape index (κ1) is 23.1. The number of nitrogens with one attached hydrogen (secondary N) is 1. The summed E-state index contributed by atoms with van der Waals surface area (Å²) in [5.74, 6) is -2.48. The number of carbonyl (C=O) groups is 2. The fourth-order valence-electron chi connectivity index (χ4n) is 4.06. The number of halogens is 3. The molecule has 2 amide bonds. The van der Waals surface area contributed by atoms with Crippen molar-refractivity contribution in [2.45, 2.75) is 36.5 Å². The second kappa shape index (κ2) is 8.34. The Morgan fingerprint density at radius 1 is 1.06 bits per heavy atom. The maximum atomic E-state index is 12.8. The van der Waals surface area contributed by atoms with E-state index in [1.165, 1.54) is 30.3 Å². The van der Waals surface area contributed by atoms with Crippen LogP contribution < -0.4 is 15.2 Å². The van der Waals surface area contributed by atoms with Gasteiger partial charge in [0.2, 0.25) is 5.91 Å². The highest BCUT2D eigenvalue weighted by atomic mass is 32.2. The number of carbonyl (C=O) groups excluding carboxylic acids is 2. The Hall–Kier alpha value is -3.12. The van der Waals surface area contributed by atoms with Crippen molar-refractivity contribution in [3.8, 4) is 5.75 Å². The van der Waals surface area contributed by atoms with Gasteiger partial charge in [-0.15, -0.1) is 0 Å². The lowest BCUT2D eigenvalue weighted by molar-refractivity contribution is -0.186.